The average Bonchev–Trinajstić information content (AvgIpc) is 2.40. The summed E-state index contributed by atoms with van der Waals surface area (Å²) in [6, 6.07) is 9.67. The first-order valence-corrected chi connectivity index (χ1v) is 5.55. The number of anilines is 1. The fourth-order valence-electron chi connectivity index (χ4n) is 1.90. The van der Waals surface area contributed by atoms with E-state index in [9.17, 15) is 0 Å². The molecular formula is C12H13N5. The van der Waals surface area contributed by atoms with Crippen LogP contribution in [0.1, 0.15) is 5.69 Å². The number of nitrogens with zero attached hydrogens (tertiary/aromatic N) is 5. The lowest BCUT2D eigenvalue weighted by Gasteiger charge is -2.34. The van der Waals surface area contributed by atoms with E-state index in [1.54, 1.807) is 6.07 Å². The summed E-state index contributed by atoms with van der Waals surface area (Å²) in [5.41, 5.74) is 0.446. The van der Waals surface area contributed by atoms with Gasteiger partial charge in [-0.2, -0.15) is 10.5 Å². The van der Waals surface area contributed by atoms with Crippen LogP contribution in [0.3, 0.4) is 0 Å². The number of rotatable bonds is 2. The first-order chi connectivity index (χ1) is 8.33. The molecule has 1 aromatic heterocycles. The second-order valence-corrected chi connectivity index (χ2v) is 3.91. The third kappa shape index (κ3) is 2.72. The van der Waals surface area contributed by atoms with Gasteiger partial charge in [0, 0.05) is 26.2 Å². The number of pyridine rings is 1. The third-order valence-electron chi connectivity index (χ3n) is 2.84. The quantitative estimate of drug-likeness (QED) is 0.692. The molecule has 17 heavy (non-hydrogen) atoms. The molecule has 86 valence electrons. The topological polar surface area (TPSA) is 67.0 Å². The lowest BCUT2D eigenvalue weighted by molar-refractivity contribution is 0.286. The third-order valence-corrected chi connectivity index (χ3v) is 2.84. The van der Waals surface area contributed by atoms with Crippen LogP contribution in [0.15, 0.2) is 18.2 Å². The van der Waals surface area contributed by atoms with Crippen molar-refractivity contribution in [3.8, 4) is 12.1 Å². The van der Waals surface area contributed by atoms with Gasteiger partial charge in [0.1, 0.15) is 17.6 Å². The molecule has 0 N–H and O–H groups in total. The molecule has 0 bridgehead atoms. The Balaban J connectivity index is 2.01. The summed E-state index contributed by atoms with van der Waals surface area (Å²) >= 11 is 0. The van der Waals surface area contributed by atoms with E-state index in [1.165, 1.54) is 0 Å². The standard InChI is InChI=1S/C12H13N5/c13-4-5-16-6-8-17(9-7-16)12-3-1-2-11(10-14)15-12/h1-3H,5-9H2. The highest BCUT2D eigenvalue weighted by Crippen LogP contribution is 2.13. The molecule has 1 fully saturated rings. The highest BCUT2D eigenvalue weighted by molar-refractivity contribution is 5.42. The zero-order valence-electron chi connectivity index (χ0n) is 9.50. The van der Waals surface area contributed by atoms with E-state index in [2.05, 4.69) is 20.9 Å². The van der Waals surface area contributed by atoms with Gasteiger partial charge in [-0.15, -0.1) is 0 Å². The first-order valence-electron chi connectivity index (χ1n) is 5.55. The maximum atomic E-state index is 8.80. The van der Waals surface area contributed by atoms with Crippen molar-refractivity contribution in [3.63, 3.8) is 0 Å². The second kappa shape index (κ2) is 5.29. The highest BCUT2D eigenvalue weighted by Gasteiger charge is 2.17. The molecule has 0 aromatic carbocycles. The Morgan fingerprint density at radius 1 is 1.18 bits per heavy atom. The van der Waals surface area contributed by atoms with Crippen molar-refractivity contribution in [3.05, 3.63) is 23.9 Å². The number of aromatic nitrogens is 1. The molecule has 2 heterocycles. The van der Waals surface area contributed by atoms with Gasteiger partial charge in [-0.05, 0) is 12.1 Å². The zero-order chi connectivity index (χ0) is 12.1. The number of nitriles is 2. The van der Waals surface area contributed by atoms with Gasteiger partial charge in [-0.3, -0.25) is 4.90 Å². The fourth-order valence-corrected chi connectivity index (χ4v) is 1.90. The molecule has 0 amide bonds. The molecule has 0 saturated carbocycles. The highest BCUT2D eigenvalue weighted by atomic mass is 15.3. The zero-order valence-corrected chi connectivity index (χ0v) is 9.50. The van der Waals surface area contributed by atoms with E-state index in [4.69, 9.17) is 10.5 Å². The number of piperazine rings is 1. The Bertz CT molecular complexity index is 463. The summed E-state index contributed by atoms with van der Waals surface area (Å²) in [4.78, 5) is 8.53. The molecule has 0 atom stereocenters. The van der Waals surface area contributed by atoms with E-state index in [0.29, 0.717) is 12.2 Å². The summed E-state index contributed by atoms with van der Waals surface area (Å²) in [6.07, 6.45) is 0. The van der Waals surface area contributed by atoms with Gasteiger partial charge in [0.25, 0.3) is 0 Å². The lowest BCUT2D eigenvalue weighted by Crippen LogP contribution is -2.46. The van der Waals surface area contributed by atoms with E-state index in [0.717, 1.165) is 32.0 Å². The van der Waals surface area contributed by atoms with E-state index >= 15 is 0 Å². The maximum absolute atomic E-state index is 8.80. The predicted octanol–water partition coefficient (Wildman–Crippen LogP) is 0.599. The van der Waals surface area contributed by atoms with Gasteiger partial charge in [0.05, 0.1) is 12.6 Å². The molecule has 1 aromatic rings. The van der Waals surface area contributed by atoms with Crippen molar-refractivity contribution in [2.24, 2.45) is 0 Å². The van der Waals surface area contributed by atoms with Crippen molar-refractivity contribution >= 4 is 5.82 Å². The minimum atomic E-state index is 0.446. The summed E-state index contributed by atoms with van der Waals surface area (Å²) in [6.45, 7) is 3.92. The van der Waals surface area contributed by atoms with Crippen molar-refractivity contribution in [1.29, 1.82) is 10.5 Å². The molecule has 2 rings (SSSR count). The molecule has 0 radical (unpaired) electrons. The molecule has 1 aliphatic heterocycles. The van der Waals surface area contributed by atoms with E-state index < -0.39 is 0 Å². The predicted molar refractivity (Wildman–Crippen MR) is 63.2 cm³/mol. The average molecular weight is 227 g/mol. The van der Waals surface area contributed by atoms with Crippen LogP contribution in [0.5, 0.6) is 0 Å². The van der Waals surface area contributed by atoms with Crippen LogP contribution >= 0.6 is 0 Å². The van der Waals surface area contributed by atoms with Crippen LogP contribution in [-0.2, 0) is 0 Å². The number of hydrogen-bond acceptors (Lipinski definition) is 5. The summed E-state index contributed by atoms with van der Waals surface area (Å²) in [5, 5.41) is 17.4. The lowest BCUT2D eigenvalue weighted by atomic mass is 10.3. The summed E-state index contributed by atoms with van der Waals surface area (Å²) < 4.78 is 0. The molecule has 0 aliphatic carbocycles. The molecule has 1 saturated heterocycles. The van der Waals surface area contributed by atoms with Gasteiger partial charge < -0.3 is 4.90 Å². The van der Waals surface area contributed by atoms with Crippen molar-refractivity contribution < 1.29 is 0 Å². The van der Waals surface area contributed by atoms with Gasteiger partial charge in [0.2, 0.25) is 0 Å². The minimum Gasteiger partial charge on any atom is -0.354 e. The maximum Gasteiger partial charge on any atom is 0.142 e. The Morgan fingerprint density at radius 3 is 2.59 bits per heavy atom. The van der Waals surface area contributed by atoms with Crippen LogP contribution in [0, 0.1) is 22.7 Å². The molecule has 0 unspecified atom stereocenters. The van der Waals surface area contributed by atoms with Crippen molar-refractivity contribution in [2.75, 3.05) is 37.6 Å². The normalized spacial score (nSPS) is 16.2. The second-order valence-electron chi connectivity index (χ2n) is 3.91. The Labute approximate surface area is 101 Å². The minimum absolute atomic E-state index is 0.446. The van der Waals surface area contributed by atoms with E-state index in [1.807, 2.05) is 18.2 Å². The SMILES string of the molecule is N#CCN1CCN(c2cccc(C#N)n2)CC1. The molecule has 5 heteroatoms. The smallest absolute Gasteiger partial charge is 0.142 e. The monoisotopic (exact) mass is 227 g/mol. The van der Waals surface area contributed by atoms with Crippen LogP contribution in [0.2, 0.25) is 0 Å². The van der Waals surface area contributed by atoms with Gasteiger partial charge in [0.15, 0.2) is 0 Å². The molecule has 0 spiro atoms. The van der Waals surface area contributed by atoms with Crippen LogP contribution < -0.4 is 4.90 Å². The van der Waals surface area contributed by atoms with Crippen LogP contribution in [0.25, 0.3) is 0 Å². The Hall–Kier alpha value is -2.11. The number of hydrogen-bond donors (Lipinski definition) is 0. The van der Waals surface area contributed by atoms with Crippen molar-refractivity contribution in [1.82, 2.24) is 9.88 Å². The molecular weight excluding hydrogens is 214 g/mol. The van der Waals surface area contributed by atoms with Gasteiger partial charge in [-0.1, -0.05) is 6.07 Å². The summed E-state index contributed by atoms with van der Waals surface area (Å²) in [5.74, 6) is 0.848. The summed E-state index contributed by atoms with van der Waals surface area (Å²) in [7, 11) is 0. The Kier molecular flexibility index (Phi) is 3.54. The van der Waals surface area contributed by atoms with Crippen LogP contribution in [0.4, 0.5) is 5.82 Å². The van der Waals surface area contributed by atoms with E-state index in [-0.39, 0.29) is 0 Å². The van der Waals surface area contributed by atoms with Gasteiger partial charge >= 0.3 is 0 Å². The van der Waals surface area contributed by atoms with Gasteiger partial charge in [-0.25, -0.2) is 4.98 Å². The molecule has 1 aliphatic rings. The van der Waals surface area contributed by atoms with Crippen LogP contribution in [-0.4, -0.2) is 42.6 Å². The largest absolute Gasteiger partial charge is 0.354 e. The fraction of sp³-hybridized carbons (Fsp3) is 0.417. The van der Waals surface area contributed by atoms with Crippen molar-refractivity contribution in [2.45, 2.75) is 0 Å². The Morgan fingerprint density at radius 2 is 1.94 bits per heavy atom. The first kappa shape index (κ1) is 11.4. The molecule has 5 nitrogen and oxygen atoms in total.